The number of rotatable bonds is 3. The van der Waals surface area contributed by atoms with Gasteiger partial charge in [0.15, 0.2) is 0 Å². The van der Waals surface area contributed by atoms with Gasteiger partial charge in [-0.05, 0) is 22.0 Å². The average Bonchev–Trinajstić information content (AvgIpc) is 2.57. The summed E-state index contributed by atoms with van der Waals surface area (Å²) in [4.78, 5) is 10.9. The smallest absolute Gasteiger partial charge is 0.236 e. The number of para-hydroxylation sites is 1. The summed E-state index contributed by atoms with van der Waals surface area (Å²) in [7, 11) is 0. The minimum Gasteiger partial charge on any atom is -0.368 e. The zero-order valence-corrected chi connectivity index (χ0v) is 10.1. The molecule has 4 nitrogen and oxygen atoms in total. The van der Waals surface area contributed by atoms with Gasteiger partial charge in [-0.3, -0.25) is 4.79 Å². The van der Waals surface area contributed by atoms with Gasteiger partial charge >= 0.3 is 0 Å². The van der Waals surface area contributed by atoms with Gasteiger partial charge in [0.25, 0.3) is 0 Å². The first-order chi connectivity index (χ1) is 7.59. The second-order valence-corrected chi connectivity index (χ2v) is 4.51. The fourth-order valence-corrected chi connectivity index (χ4v) is 2.24. The third-order valence-corrected chi connectivity index (χ3v) is 3.13. The Hall–Kier alpha value is -1.33. The van der Waals surface area contributed by atoms with Crippen LogP contribution in [0.4, 0.5) is 0 Å². The summed E-state index contributed by atoms with van der Waals surface area (Å²) in [5, 5.41) is 1.10. The highest BCUT2D eigenvalue weighted by Gasteiger charge is 2.12. The zero-order valence-electron chi connectivity index (χ0n) is 8.56. The van der Waals surface area contributed by atoms with Gasteiger partial charge in [-0.1, -0.05) is 18.2 Å². The second-order valence-electron chi connectivity index (χ2n) is 3.66. The Balaban J connectivity index is 2.42. The van der Waals surface area contributed by atoms with E-state index in [0.717, 1.165) is 15.4 Å². The van der Waals surface area contributed by atoms with Crippen molar-refractivity contribution in [2.75, 3.05) is 0 Å². The summed E-state index contributed by atoms with van der Waals surface area (Å²) in [6.45, 7) is 0.390. The van der Waals surface area contributed by atoms with Crippen molar-refractivity contribution in [3.63, 3.8) is 0 Å². The van der Waals surface area contributed by atoms with Crippen molar-refractivity contribution in [1.82, 2.24) is 4.57 Å². The number of benzene rings is 1. The second kappa shape index (κ2) is 4.27. The summed E-state index contributed by atoms with van der Waals surface area (Å²) in [5.74, 6) is -0.492. The molecule has 1 unspecified atom stereocenters. The van der Waals surface area contributed by atoms with Gasteiger partial charge in [0.1, 0.15) is 6.04 Å². The molecule has 0 spiro atoms. The summed E-state index contributed by atoms with van der Waals surface area (Å²) in [6.07, 6.45) is 1.91. The van der Waals surface area contributed by atoms with Gasteiger partial charge in [0, 0.05) is 28.1 Å². The first-order valence-electron chi connectivity index (χ1n) is 4.88. The lowest BCUT2D eigenvalue weighted by molar-refractivity contribution is -0.119. The first kappa shape index (κ1) is 11.2. The lowest BCUT2D eigenvalue weighted by atomic mass is 10.2. The third-order valence-electron chi connectivity index (χ3n) is 2.50. The molecule has 4 N–H and O–H groups in total. The highest BCUT2D eigenvalue weighted by molar-refractivity contribution is 9.10. The van der Waals surface area contributed by atoms with E-state index >= 15 is 0 Å². The highest BCUT2D eigenvalue weighted by Crippen LogP contribution is 2.25. The maximum Gasteiger partial charge on any atom is 0.236 e. The van der Waals surface area contributed by atoms with E-state index in [1.807, 2.05) is 35.0 Å². The van der Waals surface area contributed by atoms with E-state index in [1.165, 1.54) is 0 Å². The minimum atomic E-state index is -0.664. The van der Waals surface area contributed by atoms with Crippen LogP contribution in [0.15, 0.2) is 34.9 Å². The largest absolute Gasteiger partial charge is 0.368 e. The SMILES string of the molecule is NC(=O)C(N)Cn1cc(Br)c2ccccc21. The van der Waals surface area contributed by atoms with Crippen LogP contribution in [-0.4, -0.2) is 16.5 Å². The Morgan fingerprint density at radius 2 is 2.12 bits per heavy atom. The van der Waals surface area contributed by atoms with E-state index in [1.54, 1.807) is 0 Å². The normalized spacial score (nSPS) is 12.9. The Morgan fingerprint density at radius 1 is 1.44 bits per heavy atom. The van der Waals surface area contributed by atoms with Gasteiger partial charge in [-0.2, -0.15) is 0 Å². The molecule has 0 radical (unpaired) electrons. The molecule has 2 rings (SSSR count). The lowest BCUT2D eigenvalue weighted by Gasteiger charge is -2.09. The highest BCUT2D eigenvalue weighted by atomic mass is 79.9. The molecule has 5 heteroatoms. The molecule has 1 atom stereocenters. The fourth-order valence-electron chi connectivity index (χ4n) is 1.65. The molecule has 1 aromatic carbocycles. The summed E-state index contributed by atoms with van der Waals surface area (Å²) >= 11 is 3.47. The first-order valence-corrected chi connectivity index (χ1v) is 5.67. The number of primary amides is 1. The van der Waals surface area contributed by atoms with Crippen LogP contribution < -0.4 is 11.5 Å². The molecule has 0 saturated heterocycles. The molecule has 0 aliphatic carbocycles. The summed E-state index contributed by atoms with van der Waals surface area (Å²) in [6, 6.07) is 7.23. The molecule has 2 aromatic rings. The van der Waals surface area contributed by atoms with Crippen molar-refractivity contribution >= 4 is 32.7 Å². The Kier molecular flexibility index (Phi) is 2.98. The monoisotopic (exact) mass is 281 g/mol. The topological polar surface area (TPSA) is 74.0 Å². The average molecular weight is 282 g/mol. The van der Waals surface area contributed by atoms with Crippen LogP contribution in [0.5, 0.6) is 0 Å². The van der Waals surface area contributed by atoms with Gasteiger partial charge < -0.3 is 16.0 Å². The van der Waals surface area contributed by atoms with Crippen molar-refractivity contribution in [2.45, 2.75) is 12.6 Å². The van der Waals surface area contributed by atoms with E-state index in [4.69, 9.17) is 11.5 Å². The number of fused-ring (bicyclic) bond motifs is 1. The number of halogens is 1. The molecule has 1 aromatic heterocycles. The van der Waals surface area contributed by atoms with E-state index in [9.17, 15) is 4.79 Å². The number of nitrogens with zero attached hydrogens (tertiary/aromatic N) is 1. The number of aromatic nitrogens is 1. The van der Waals surface area contributed by atoms with E-state index in [0.29, 0.717) is 6.54 Å². The fraction of sp³-hybridized carbons (Fsp3) is 0.182. The Morgan fingerprint density at radius 3 is 2.81 bits per heavy atom. The van der Waals surface area contributed by atoms with Gasteiger partial charge in [-0.25, -0.2) is 0 Å². The van der Waals surface area contributed by atoms with Crippen LogP contribution in [0.2, 0.25) is 0 Å². The molecule has 0 fully saturated rings. The summed E-state index contributed by atoms with van der Waals surface area (Å²) < 4.78 is 2.91. The maximum absolute atomic E-state index is 10.9. The number of hydrogen-bond acceptors (Lipinski definition) is 2. The number of carbonyl (C=O) groups excluding carboxylic acids is 1. The lowest BCUT2D eigenvalue weighted by Crippen LogP contribution is -2.39. The third kappa shape index (κ3) is 1.96. The molecule has 1 heterocycles. The van der Waals surface area contributed by atoms with Crippen LogP contribution in [0, 0.1) is 0 Å². The van der Waals surface area contributed by atoms with E-state index in [-0.39, 0.29) is 0 Å². The van der Waals surface area contributed by atoms with E-state index in [2.05, 4.69) is 15.9 Å². The predicted octanol–water partition coefficient (Wildman–Crippen LogP) is 1.22. The zero-order chi connectivity index (χ0) is 11.7. The maximum atomic E-state index is 10.9. The van der Waals surface area contributed by atoms with Crippen molar-refractivity contribution in [1.29, 1.82) is 0 Å². The molecule has 84 valence electrons. The van der Waals surface area contributed by atoms with Crippen LogP contribution in [-0.2, 0) is 11.3 Å². The predicted molar refractivity (Wildman–Crippen MR) is 66.8 cm³/mol. The van der Waals surface area contributed by atoms with Crippen molar-refractivity contribution < 1.29 is 4.79 Å². The van der Waals surface area contributed by atoms with Crippen molar-refractivity contribution in [2.24, 2.45) is 11.5 Å². The number of hydrogen-bond donors (Lipinski definition) is 2. The minimum absolute atomic E-state index is 0.390. The quantitative estimate of drug-likeness (QED) is 0.888. The molecule has 16 heavy (non-hydrogen) atoms. The van der Waals surface area contributed by atoms with Crippen LogP contribution in [0.3, 0.4) is 0 Å². The van der Waals surface area contributed by atoms with E-state index < -0.39 is 11.9 Å². The standard InChI is InChI=1S/C11H12BrN3O/c12-8-5-15(6-9(13)11(14)16)10-4-2-1-3-7(8)10/h1-5,9H,6,13H2,(H2,14,16). The van der Waals surface area contributed by atoms with Gasteiger partial charge in [0.05, 0.1) is 0 Å². The number of amides is 1. The molecular weight excluding hydrogens is 270 g/mol. The molecule has 1 amide bonds. The van der Waals surface area contributed by atoms with Gasteiger partial charge in [0.2, 0.25) is 5.91 Å². The number of nitrogens with two attached hydrogens (primary N) is 2. The van der Waals surface area contributed by atoms with Gasteiger partial charge in [-0.15, -0.1) is 0 Å². The Labute approximate surface area is 101 Å². The molecular formula is C11H12BrN3O. The van der Waals surface area contributed by atoms with Crippen molar-refractivity contribution in [3.05, 3.63) is 34.9 Å². The van der Waals surface area contributed by atoms with Crippen molar-refractivity contribution in [3.8, 4) is 0 Å². The molecule has 0 aliphatic rings. The van der Waals surface area contributed by atoms with Crippen LogP contribution >= 0.6 is 15.9 Å². The molecule has 0 aliphatic heterocycles. The van der Waals surface area contributed by atoms with Crippen LogP contribution in [0.1, 0.15) is 0 Å². The molecule has 0 saturated carbocycles. The summed E-state index contributed by atoms with van der Waals surface area (Å²) in [5.41, 5.74) is 11.8. The Bertz CT molecular complexity index is 535. The molecule has 0 bridgehead atoms. The number of carbonyl (C=O) groups is 1. The van der Waals surface area contributed by atoms with Crippen LogP contribution in [0.25, 0.3) is 10.9 Å².